The van der Waals surface area contributed by atoms with Gasteiger partial charge in [0.05, 0.1) is 11.4 Å². The maximum atomic E-state index is 14.0. The first kappa shape index (κ1) is 18.8. The molecule has 0 saturated carbocycles. The van der Waals surface area contributed by atoms with Crippen LogP contribution in [-0.2, 0) is 9.59 Å². The maximum absolute atomic E-state index is 14.0. The summed E-state index contributed by atoms with van der Waals surface area (Å²) in [5.74, 6) is -1.03. The lowest BCUT2D eigenvalue weighted by molar-refractivity contribution is -0.117. The van der Waals surface area contributed by atoms with Gasteiger partial charge >= 0.3 is 0 Å². The molecule has 0 atom stereocenters. The molecule has 132 valence electrons. The van der Waals surface area contributed by atoms with Crippen LogP contribution in [-0.4, -0.2) is 23.3 Å². The minimum absolute atomic E-state index is 0.150. The Morgan fingerprint density at radius 1 is 1.36 bits per heavy atom. The average Bonchev–Trinajstić information content (AvgIpc) is 3.03. The molecule has 0 radical (unpaired) electrons. The van der Waals surface area contributed by atoms with Crippen LogP contribution in [0.3, 0.4) is 0 Å². The van der Waals surface area contributed by atoms with Crippen LogP contribution >= 0.6 is 11.3 Å². The number of halogens is 1. The van der Waals surface area contributed by atoms with E-state index in [0.717, 1.165) is 12.8 Å². The van der Waals surface area contributed by atoms with Crippen LogP contribution in [0.4, 0.5) is 15.2 Å². The van der Waals surface area contributed by atoms with Gasteiger partial charge in [-0.05, 0) is 24.6 Å². The zero-order valence-corrected chi connectivity index (χ0v) is 15.0. The fraction of sp³-hybridized carbons (Fsp3) is 0.278. The number of hydrogen-bond acceptors (Lipinski definition) is 4. The molecule has 25 heavy (non-hydrogen) atoms. The fourth-order valence-electron chi connectivity index (χ4n) is 2.10. The predicted molar refractivity (Wildman–Crippen MR) is 98.3 cm³/mol. The van der Waals surface area contributed by atoms with E-state index < -0.39 is 5.82 Å². The highest BCUT2D eigenvalue weighted by molar-refractivity contribution is 7.14. The van der Waals surface area contributed by atoms with Crippen molar-refractivity contribution < 1.29 is 14.0 Å². The summed E-state index contributed by atoms with van der Waals surface area (Å²) < 4.78 is 14.0. The Balaban J connectivity index is 2.14. The quantitative estimate of drug-likeness (QED) is 0.601. The van der Waals surface area contributed by atoms with Gasteiger partial charge in [0.15, 0.2) is 5.13 Å². The number of nitrogens with zero attached hydrogens (tertiary/aromatic N) is 2. The Kier molecular flexibility index (Phi) is 6.82. The summed E-state index contributed by atoms with van der Waals surface area (Å²) in [4.78, 5) is 29.2. The standard InChI is InChI=1S/C18H20FN3O2S/c1-3-4-11-20-17(24)10-9-14-12-25-18(21-14)22(13(2)23)16-8-6-5-7-15(16)19/h5-10,12H,3-4,11H2,1-2H3,(H,20,24)/b10-9+. The summed E-state index contributed by atoms with van der Waals surface area (Å²) in [7, 11) is 0. The molecule has 2 rings (SSSR count). The topological polar surface area (TPSA) is 62.3 Å². The van der Waals surface area contributed by atoms with E-state index in [-0.39, 0.29) is 17.5 Å². The van der Waals surface area contributed by atoms with Crippen LogP contribution < -0.4 is 10.2 Å². The second-order valence-corrected chi connectivity index (χ2v) is 6.18. The molecule has 7 heteroatoms. The van der Waals surface area contributed by atoms with Gasteiger partial charge in [-0.25, -0.2) is 9.37 Å². The second-order valence-electron chi connectivity index (χ2n) is 5.34. The number of benzene rings is 1. The van der Waals surface area contributed by atoms with E-state index >= 15 is 0 Å². The SMILES string of the molecule is CCCCNC(=O)/C=C/c1csc(N(C(C)=O)c2ccccc2F)n1. The largest absolute Gasteiger partial charge is 0.353 e. The molecule has 2 aromatic rings. The number of carbonyl (C=O) groups excluding carboxylic acids is 2. The molecule has 5 nitrogen and oxygen atoms in total. The number of nitrogens with one attached hydrogen (secondary N) is 1. The van der Waals surface area contributed by atoms with Crippen molar-refractivity contribution >= 4 is 40.0 Å². The Hall–Kier alpha value is -2.54. The number of thiazole rings is 1. The smallest absolute Gasteiger partial charge is 0.244 e. The molecule has 1 N–H and O–H groups in total. The van der Waals surface area contributed by atoms with Gasteiger partial charge < -0.3 is 5.32 Å². The minimum atomic E-state index is -0.500. The number of carbonyl (C=O) groups is 2. The van der Waals surface area contributed by atoms with Gasteiger partial charge in [0.25, 0.3) is 0 Å². The van der Waals surface area contributed by atoms with Crippen molar-refractivity contribution in [3.63, 3.8) is 0 Å². The number of aromatic nitrogens is 1. The minimum Gasteiger partial charge on any atom is -0.353 e. The number of hydrogen-bond donors (Lipinski definition) is 1. The molecule has 1 heterocycles. The predicted octanol–water partition coefficient (Wildman–Crippen LogP) is 3.90. The van der Waals surface area contributed by atoms with Gasteiger partial charge in [-0.2, -0.15) is 0 Å². The average molecular weight is 361 g/mol. The van der Waals surface area contributed by atoms with Crippen LogP contribution in [0.5, 0.6) is 0 Å². The van der Waals surface area contributed by atoms with Crippen molar-refractivity contribution in [1.82, 2.24) is 10.3 Å². The molecule has 1 aromatic heterocycles. The number of anilines is 2. The lowest BCUT2D eigenvalue weighted by Gasteiger charge is -2.18. The highest BCUT2D eigenvalue weighted by Crippen LogP contribution is 2.30. The molecular weight excluding hydrogens is 341 g/mol. The molecule has 0 aliphatic heterocycles. The van der Waals surface area contributed by atoms with Gasteiger partial charge in [0.2, 0.25) is 11.8 Å². The van der Waals surface area contributed by atoms with Crippen LogP contribution in [0.25, 0.3) is 6.08 Å². The molecule has 0 saturated heterocycles. The van der Waals surface area contributed by atoms with E-state index in [1.54, 1.807) is 23.6 Å². The van der Waals surface area contributed by atoms with Crippen LogP contribution in [0.15, 0.2) is 35.7 Å². The normalized spacial score (nSPS) is 10.8. The van der Waals surface area contributed by atoms with Gasteiger partial charge in [0, 0.05) is 24.9 Å². The van der Waals surface area contributed by atoms with Crippen molar-refractivity contribution in [1.29, 1.82) is 0 Å². The summed E-state index contributed by atoms with van der Waals surface area (Å²) in [6.07, 6.45) is 4.91. The van der Waals surface area contributed by atoms with Crippen LogP contribution in [0.1, 0.15) is 32.4 Å². The molecule has 2 amide bonds. The maximum Gasteiger partial charge on any atom is 0.244 e. The highest BCUT2D eigenvalue weighted by atomic mass is 32.1. The number of amides is 2. The monoisotopic (exact) mass is 361 g/mol. The molecule has 0 aliphatic carbocycles. The first-order valence-corrected chi connectivity index (χ1v) is 8.87. The number of para-hydroxylation sites is 1. The lowest BCUT2D eigenvalue weighted by Crippen LogP contribution is -2.23. The highest BCUT2D eigenvalue weighted by Gasteiger charge is 2.20. The third-order valence-corrected chi connectivity index (χ3v) is 4.19. The summed E-state index contributed by atoms with van der Waals surface area (Å²) >= 11 is 1.21. The van der Waals surface area contributed by atoms with Crippen molar-refractivity contribution in [2.45, 2.75) is 26.7 Å². The third-order valence-electron chi connectivity index (χ3n) is 3.34. The van der Waals surface area contributed by atoms with Crippen LogP contribution in [0, 0.1) is 5.82 Å². The first-order valence-electron chi connectivity index (χ1n) is 7.99. The first-order chi connectivity index (χ1) is 12.0. The van der Waals surface area contributed by atoms with E-state index in [1.807, 2.05) is 0 Å². The van der Waals surface area contributed by atoms with Gasteiger partial charge in [-0.3, -0.25) is 14.5 Å². The van der Waals surface area contributed by atoms with E-state index in [1.165, 1.54) is 41.4 Å². The zero-order chi connectivity index (χ0) is 18.2. The zero-order valence-electron chi connectivity index (χ0n) is 14.2. The second kappa shape index (κ2) is 9.08. The third kappa shape index (κ3) is 5.22. The molecule has 0 bridgehead atoms. The van der Waals surface area contributed by atoms with E-state index in [9.17, 15) is 14.0 Å². The Morgan fingerprint density at radius 2 is 2.12 bits per heavy atom. The van der Waals surface area contributed by atoms with Gasteiger partial charge in [-0.15, -0.1) is 11.3 Å². The molecule has 0 spiro atoms. The Morgan fingerprint density at radius 3 is 2.80 bits per heavy atom. The van der Waals surface area contributed by atoms with Crippen molar-refractivity contribution in [2.24, 2.45) is 0 Å². The van der Waals surface area contributed by atoms with Crippen molar-refractivity contribution in [3.8, 4) is 0 Å². The number of rotatable bonds is 7. The Labute approximate surface area is 150 Å². The molecular formula is C18H20FN3O2S. The lowest BCUT2D eigenvalue weighted by atomic mass is 10.3. The van der Waals surface area contributed by atoms with Gasteiger partial charge in [-0.1, -0.05) is 25.5 Å². The summed E-state index contributed by atoms with van der Waals surface area (Å²) in [5, 5.41) is 4.83. The molecule has 0 unspecified atom stereocenters. The van der Waals surface area contributed by atoms with Crippen molar-refractivity contribution in [2.75, 3.05) is 11.4 Å². The summed E-state index contributed by atoms with van der Waals surface area (Å²) in [6, 6.07) is 6.03. The summed E-state index contributed by atoms with van der Waals surface area (Å²) in [5.41, 5.74) is 0.686. The molecule has 0 aliphatic rings. The van der Waals surface area contributed by atoms with Gasteiger partial charge in [0.1, 0.15) is 5.82 Å². The summed E-state index contributed by atoms with van der Waals surface area (Å²) in [6.45, 7) is 4.03. The van der Waals surface area contributed by atoms with E-state index in [2.05, 4.69) is 17.2 Å². The number of unbranched alkanes of at least 4 members (excludes halogenated alkanes) is 1. The molecule has 1 aromatic carbocycles. The van der Waals surface area contributed by atoms with E-state index in [0.29, 0.717) is 17.4 Å². The fourth-order valence-corrected chi connectivity index (χ4v) is 2.95. The van der Waals surface area contributed by atoms with E-state index in [4.69, 9.17) is 0 Å². The molecule has 0 fully saturated rings. The van der Waals surface area contributed by atoms with Crippen molar-refractivity contribution in [3.05, 3.63) is 47.2 Å². The Bertz CT molecular complexity index is 773. The van der Waals surface area contributed by atoms with Crippen LogP contribution in [0.2, 0.25) is 0 Å².